The number of piperazine rings is 1. The van der Waals surface area contributed by atoms with E-state index in [2.05, 4.69) is 15.0 Å². The molecule has 0 unspecified atom stereocenters. The number of benzene rings is 2. The number of ether oxygens (including phenoxy) is 1. The molecule has 0 spiro atoms. The maximum atomic E-state index is 16.6. The van der Waals surface area contributed by atoms with Crippen LogP contribution in [-0.2, 0) is 0 Å². The molecular formula is C31H29ClF3N7O3. The lowest BCUT2D eigenvalue weighted by molar-refractivity contribution is 0.119. The van der Waals surface area contributed by atoms with Crippen molar-refractivity contribution in [3.05, 3.63) is 53.2 Å². The van der Waals surface area contributed by atoms with E-state index >= 15 is 4.39 Å². The fourth-order valence-corrected chi connectivity index (χ4v) is 6.53. The molecule has 0 aliphatic carbocycles. The number of anilines is 1. The topological polar surface area (TPSA) is 119 Å². The van der Waals surface area contributed by atoms with Gasteiger partial charge in [0.1, 0.15) is 36.1 Å². The lowest BCUT2D eigenvalue weighted by atomic mass is 10.0. The molecule has 2 atom stereocenters. The molecule has 14 heteroatoms. The van der Waals surface area contributed by atoms with Crippen LogP contribution >= 0.6 is 11.6 Å². The van der Waals surface area contributed by atoms with Gasteiger partial charge in [0.2, 0.25) is 0 Å². The van der Waals surface area contributed by atoms with E-state index in [9.17, 15) is 23.9 Å². The molecule has 2 aromatic heterocycles. The number of amides is 1. The van der Waals surface area contributed by atoms with E-state index in [1.54, 1.807) is 29.2 Å². The van der Waals surface area contributed by atoms with Crippen LogP contribution in [0.1, 0.15) is 19.3 Å². The molecule has 45 heavy (non-hydrogen) atoms. The Bertz CT molecular complexity index is 1810. The zero-order valence-electron chi connectivity index (χ0n) is 24.1. The van der Waals surface area contributed by atoms with Gasteiger partial charge in [0.15, 0.2) is 5.82 Å². The molecule has 2 aromatic carbocycles. The fourth-order valence-electron chi connectivity index (χ4n) is 6.26. The van der Waals surface area contributed by atoms with Crippen LogP contribution in [0.3, 0.4) is 0 Å². The second-order valence-electron chi connectivity index (χ2n) is 11.0. The minimum atomic E-state index is -1.14. The largest absolute Gasteiger partial charge is 0.465 e. The van der Waals surface area contributed by atoms with Crippen LogP contribution in [-0.4, -0.2) is 94.0 Å². The van der Waals surface area contributed by atoms with Crippen molar-refractivity contribution in [2.75, 3.05) is 50.9 Å². The molecule has 4 heterocycles. The summed E-state index contributed by atoms with van der Waals surface area (Å²) in [5.74, 6) is -1.18. The standard InChI is InChI=1S/C31H29ClF3N7O3/c32-25-23(34)7-6-18-3-1-5-21(24(18)25)27-26(35)28-22(15-37-27)29(41-13-14-42(31(43)44)19(16-41)8-10-36)39-30(38-28)45-17-20-4-2-11-40(20)12-9-33/h1,3,5-7,15,19-20H,2,4,8-9,11-14,16-17H2,(H,43,44)/t19-,20-/m0/s1. The molecule has 0 bridgehead atoms. The number of rotatable bonds is 8. The van der Waals surface area contributed by atoms with Gasteiger partial charge >= 0.3 is 12.1 Å². The Morgan fingerprint density at radius 2 is 2.00 bits per heavy atom. The molecule has 4 aromatic rings. The number of aromatic nitrogens is 3. The van der Waals surface area contributed by atoms with Crippen LogP contribution in [0.5, 0.6) is 6.01 Å². The first kappa shape index (κ1) is 30.6. The summed E-state index contributed by atoms with van der Waals surface area (Å²) in [6, 6.07) is 9.04. The number of pyridine rings is 1. The predicted octanol–water partition coefficient (Wildman–Crippen LogP) is 5.67. The van der Waals surface area contributed by atoms with Crippen molar-refractivity contribution < 1.29 is 27.8 Å². The first-order valence-corrected chi connectivity index (χ1v) is 15.0. The number of nitrogens with zero attached hydrogens (tertiary/aromatic N) is 7. The van der Waals surface area contributed by atoms with Gasteiger partial charge in [-0.3, -0.25) is 9.88 Å². The smallest absolute Gasteiger partial charge is 0.407 e. The first-order valence-electron chi connectivity index (χ1n) is 14.6. The second-order valence-corrected chi connectivity index (χ2v) is 11.4. The maximum Gasteiger partial charge on any atom is 0.407 e. The first-order chi connectivity index (χ1) is 21.8. The predicted molar refractivity (Wildman–Crippen MR) is 162 cm³/mol. The van der Waals surface area contributed by atoms with Gasteiger partial charge in [0.25, 0.3) is 0 Å². The van der Waals surface area contributed by atoms with Crippen LogP contribution in [0.15, 0.2) is 36.5 Å². The highest BCUT2D eigenvalue weighted by atomic mass is 35.5. The third kappa shape index (κ3) is 5.87. The lowest BCUT2D eigenvalue weighted by Gasteiger charge is -2.39. The highest BCUT2D eigenvalue weighted by Crippen LogP contribution is 2.38. The number of halogens is 4. The Morgan fingerprint density at radius 1 is 1.16 bits per heavy atom. The summed E-state index contributed by atoms with van der Waals surface area (Å²) in [7, 11) is 0. The van der Waals surface area contributed by atoms with Crippen molar-refractivity contribution in [3.8, 4) is 23.3 Å². The average Bonchev–Trinajstić information content (AvgIpc) is 3.49. The zero-order chi connectivity index (χ0) is 31.7. The van der Waals surface area contributed by atoms with Gasteiger partial charge in [0, 0.05) is 49.4 Å². The molecule has 0 radical (unpaired) electrons. The summed E-state index contributed by atoms with van der Waals surface area (Å²) in [6.45, 7) is 1.14. The Kier molecular flexibility index (Phi) is 8.78. The van der Waals surface area contributed by atoms with Crippen molar-refractivity contribution in [1.29, 1.82) is 5.26 Å². The van der Waals surface area contributed by atoms with Crippen LogP contribution in [0.4, 0.5) is 23.8 Å². The highest BCUT2D eigenvalue weighted by molar-refractivity contribution is 6.36. The quantitative estimate of drug-likeness (QED) is 0.260. The van der Waals surface area contributed by atoms with Gasteiger partial charge < -0.3 is 19.6 Å². The van der Waals surface area contributed by atoms with Gasteiger partial charge in [-0.15, -0.1) is 0 Å². The molecule has 2 fully saturated rings. The normalized spacial score (nSPS) is 18.9. The number of nitriles is 1. The molecule has 10 nitrogen and oxygen atoms in total. The molecule has 1 amide bonds. The van der Waals surface area contributed by atoms with Crippen LogP contribution in [0, 0.1) is 23.0 Å². The Hall–Kier alpha value is -4.41. The van der Waals surface area contributed by atoms with Crippen molar-refractivity contribution >= 4 is 45.2 Å². The van der Waals surface area contributed by atoms with E-state index in [-0.39, 0.29) is 84.3 Å². The molecular weight excluding hydrogens is 611 g/mol. The number of likely N-dealkylation sites (tertiary alicyclic amines) is 1. The van der Waals surface area contributed by atoms with Gasteiger partial charge in [-0.05, 0) is 30.8 Å². The van der Waals surface area contributed by atoms with Crippen molar-refractivity contribution in [2.24, 2.45) is 0 Å². The molecule has 2 aliphatic rings. The van der Waals surface area contributed by atoms with E-state index in [1.165, 1.54) is 17.2 Å². The molecule has 234 valence electrons. The van der Waals surface area contributed by atoms with Crippen LogP contribution in [0.25, 0.3) is 32.9 Å². The minimum Gasteiger partial charge on any atom is -0.465 e. The van der Waals surface area contributed by atoms with Gasteiger partial charge in [-0.1, -0.05) is 35.9 Å². The highest BCUT2D eigenvalue weighted by Gasteiger charge is 2.33. The molecule has 2 aliphatic heterocycles. The van der Waals surface area contributed by atoms with Gasteiger partial charge in [0.05, 0.1) is 28.9 Å². The monoisotopic (exact) mass is 639 g/mol. The van der Waals surface area contributed by atoms with E-state index in [1.807, 2.05) is 11.0 Å². The average molecular weight is 640 g/mol. The number of fused-ring (bicyclic) bond motifs is 2. The minimum absolute atomic E-state index is 0.0452. The number of carbonyl (C=O) groups is 1. The molecule has 2 saturated heterocycles. The number of alkyl halides is 1. The summed E-state index contributed by atoms with van der Waals surface area (Å²) >= 11 is 6.34. The van der Waals surface area contributed by atoms with Crippen LogP contribution < -0.4 is 9.64 Å². The summed E-state index contributed by atoms with van der Waals surface area (Å²) in [4.78, 5) is 30.3. The van der Waals surface area contributed by atoms with Crippen LogP contribution in [0.2, 0.25) is 5.02 Å². The van der Waals surface area contributed by atoms with E-state index in [4.69, 9.17) is 16.3 Å². The van der Waals surface area contributed by atoms with Gasteiger partial charge in [-0.2, -0.15) is 15.2 Å². The summed E-state index contributed by atoms with van der Waals surface area (Å²) in [5.41, 5.74) is 0.0734. The molecule has 1 N–H and O–H groups in total. The Balaban J connectivity index is 1.46. The van der Waals surface area contributed by atoms with E-state index in [0.717, 1.165) is 19.4 Å². The molecule has 6 rings (SSSR count). The number of hydrogen-bond acceptors (Lipinski definition) is 8. The van der Waals surface area contributed by atoms with Gasteiger partial charge in [-0.25, -0.2) is 18.0 Å². The second kappa shape index (κ2) is 12.9. The lowest BCUT2D eigenvalue weighted by Crippen LogP contribution is -2.55. The Morgan fingerprint density at radius 3 is 2.78 bits per heavy atom. The summed E-state index contributed by atoms with van der Waals surface area (Å²) in [6.07, 6.45) is 1.93. The van der Waals surface area contributed by atoms with Crippen molar-refractivity contribution in [3.63, 3.8) is 0 Å². The number of carboxylic acid groups (broad SMARTS) is 1. The van der Waals surface area contributed by atoms with E-state index < -0.39 is 30.4 Å². The third-order valence-corrected chi connectivity index (χ3v) is 8.83. The maximum absolute atomic E-state index is 16.6. The Labute approximate surface area is 261 Å². The third-order valence-electron chi connectivity index (χ3n) is 8.46. The summed E-state index contributed by atoms with van der Waals surface area (Å²) in [5, 5.41) is 20.0. The van der Waals surface area contributed by atoms with E-state index in [0.29, 0.717) is 10.8 Å². The molecule has 0 saturated carbocycles. The fraction of sp³-hybridized carbons (Fsp3) is 0.387. The summed E-state index contributed by atoms with van der Waals surface area (Å²) < 4.78 is 50.2. The van der Waals surface area contributed by atoms with Crippen molar-refractivity contribution in [1.82, 2.24) is 24.8 Å². The van der Waals surface area contributed by atoms with Crippen molar-refractivity contribution in [2.45, 2.75) is 31.3 Å². The number of hydrogen-bond donors (Lipinski definition) is 1. The zero-order valence-corrected chi connectivity index (χ0v) is 24.9. The SMILES string of the molecule is N#CC[C@H]1CN(c2nc(OC[C@@H]3CCCN3CCF)nc3c(F)c(-c4cccc5ccc(F)c(Cl)c45)ncc23)CCN1C(=O)O.